The Labute approximate surface area is 135 Å². The number of benzene rings is 1. The molecule has 0 atom stereocenters. The second-order valence-corrected chi connectivity index (χ2v) is 9.00. The Balaban J connectivity index is 3.60. The third-order valence-corrected chi connectivity index (χ3v) is 6.17. The van der Waals surface area contributed by atoms with Crippen molar-refractivity contribution < 1.29 is 31.5 Å². The molecule has 0 radical (unpaired) electrons. The Morgan fingerprint density at radius 2 is 1.83 bits per heavy atom. The van der Waals surface area contributed by atoms with E-state index in [0.717, 1.165) is 16.6 Å². The summed E-state index contributed by atoms with van der Waals surface area (Å²) in [7, 11) is -6.65. The van der Waals surface area contributed by atoms with Crippen molar-refractivity contribution in [2.45, 2.75) is 29.7 Å². The van der Waals surface area contributed by atoms with Crippen LogP contribution in [0, 0.1) is 0 Å². The standard InChI is InChI=1S/C13H19NO7S2/c1-9(2)14(8-13(15)16)23(19,20)12-7-10(22(4,17)18)5-6-11(12)21-3/h5-7,9H,8H2,1-4H3,(H,15,16). The van der Waals surface area contributed by atoms with E-state index in [9.17, 15) is 21.6 Å². The topological polar surface area (TPSA) is 118 Å². The van der Waals surface area contributed by atoms with Crippen LogP contribution in [0.3, 0.4) is 0 Å². The lowest BCUT2D eigenvalue weighted by atomic mass is 10.3. The number of carboxylic acid groups (broad SMARTS) is 1. The summed E-state index contributed by atoms with van der Waals surface area (Å²) in [6.07, 6.45) is 0.947. The van der Waals surface area contributed by atoms with Crippen molar-refractivity contribution in [2.24, 2.45) is 0 Å². The Morgan fingerprint density at radius 3 is 2.22 bits per heavy atom. The number of hydrogen-bond donors (Lipinski definition) is 1. The minimum Gasteiger partial charge on any atom is -0.495 e. The number of methoxy groups -OCH3 is 1. The molecule has 0 fully saturated rings. The second-order valence-electron chi connectivity index (χ2n) is 5.12. The highest BCUT2D eigenvalue weighted by molar-refractivity contribution is 7.91. The molecule has 1 aromatic rings. The van der Waals surface area contributed by atoms with Gasteiger partial charge in [-0.2, -0.15) is 4.31 Å². The molecular weight excluding hydrogens is 346 g/mol. The van der Waals surface area contributed by atoms with Gasteiger partial charge in [-0.25, -0.2) is 16.8 Å². The van der Waals surface area contributed by atoms with E-state index in [4.69, 9.17) is 9.84 Å². The van der Waals surface area contributed by atoms with Gasteiger partial charge in [0.05, 0.1) is 12.0 Å². The first-order valence-corrected chi connectivity index (χ1v) is 9.86. The number of aliphatic carboxylic acids is 1. The second kappa shape index (κ2) is 6.85. The maximum Gasteiger partial charge on any atom is 0.318 e. The van der Waals surface area contributed by atoms with E-state index in [1.807, 2.05) is 0 Å². The van der Waals surface area contributed by atoms with Crippen LogP contribution in [0.25, 0.3) is 0 Å². The molecular formula is C13H19NO7S2. The number of nitrogens with zero attached hydrogens (tertiary/aromatic N) is 1. The molecule has 10 heteroatoms. The predicted octanol–water partition coefficient (Wildman–Crippen LogP) is 0.582. The van der Waals surface area contributed by atoms with Gasteiger partial charge in [-0.05, 0) is 32.0 Å². The molecule has 0 saturated carbocycles. The first kappa shape index (κ1) is 19.4. The lowest BCUT2D eigenvalue weighted by Gasteiger charge is -2.25. The fraction of sp³-hybridized carbons (Fsp3) is 0.462. The summed E-state index contributed by atoms with van der Waals surface area (Å²) in [4.78, 5) is 10.4. The molecule has 1 rings (SSSR count). The van der Waals surface area contributed by atoms with E-state index in [2.05, 4.69) is 0 Å². The molecule has 1 N–H and O–H groups in total. The highest BCUT2D eigenvalue weighted by Crippen LogP contribution is 2.30. The van der Waals surface area contributed by atoms with Crippen LogP contribution in [0.2, 0.25) is 0 Å². The molecule has 0 saturated heterocycles. The molecule has 0 amide bonds. The lowest BCUT2D eigenvalue weighted by molar-refractivity contribution is -0.137. The van der Waals surface area contributed by atoms with Gasteiger partial charge in [0.2, 0.25) is 10.0 Å². The monoisotopic (exact) mass is 365 g/mol. The molecule has 0 aliphatic carbocycles. The van der Waals surface area contributed by atoms with Crippen LogP contribution >= 0.6 is 0 Å². The van der Waals surface area contributed by atoms with Crippen molar-refractivity contribution in [3.8, 4) is 5.75 Å². The largest absolute Gasteiger partial charge is 0.495 e. The summed E-state index contributed by atoms with van der Waals surface area (Å²) in [6, 6.07) is 2.79. The molecule has 1 aromatic carbocycles. The van der Waals surface area contributed by atoms with Gasteiger partial charge in [-0.1, -0.05) is 0 Å². The number of rotatable bonds is 7. The highest BCUT2D eigenvalue weighted by atomic mass is 32.2. The van der Waals surface area contributed by atoms with Crippen LogP contribution in [0.1, 0.15) is 13.8 Å². The molecule has 130 valence electrons. The van der Waals surface area contributed by atoms with Gasteiger partial charge in [0, 0.05) is 12.3 Å². The maximum absolute atomic E-state index is 12.8. The van der Waals surface area contributed by atoms with Crippen LogP contribution in [-0.4, -0.2) is 58.2 Å². The van der Waals surface area contributed by atoms with Gasteiger partial charge < -0.3 is 9.84 Å². The SMILES string of the molecule is COc1ccc(S(C)(=O)=O)cc1S(=O)(=O)N(CC(=O)O)C(C)C. The molecule has 0 spiro atoms. The Bertz CT molecular complexity index is 798. The molecule has 0 heterocycles. The zero-order valence-electron chi connectivity index (χ0n) is 13.2. The van der Waals surface area contributed by atoms with Crippen LogP contribution in [0.5, 0.6) is 5.75 Å². The summed E-state index contributed by atoms with van der Waals surface area (Å²) in [6.45, 7) is 2.30. The zero-order chi connectivity index (χ0) is 18.0. The van der Waals surface area contributed by atoms with Gasteiger partial charge >= 0.3 is 5.97 Å². The average molecular weight is 365 g/mol. The summed E-state index contributed by atoms with van der Waals surface area (Å²) in [5.74, 6) is -1.38. The first-order chi connectivity index (χ1) is 10.4. The van der Waals surface area contributed by atoms with Gasteiger partial charge in [0.25, 0.3) is 0 Å². The Kier molecular flexibility index (Phi) is 5.78. The van der Waals surface area contributed by atoms with Gasteiger partial charge in [-0.3, -0.25) is 4.79 Å². The van der Waals surface area contributed by atoms with Gasteiger partial charge in [0.1, 0.15) is 17.2 Å². The predicted molar refractivity (Wildman–Crippen MR) is 82.8 cm³/mol. The number of sulfonamides is 1. The molecule has 0 bridgehead atoms. The molecule has 0 aromatic heterocycles. The van der Waals surface area contributed by atoms with Crippen molar-refractivity contribution in [1.29, 1.82) is 0 Å². The summed E-state index contributed by atoms with van der Waals surface area (Å²) >= 11 is 0. The fourth-order valence-electron chi connectivity index (χ4n) is 1.89. The Morgan fingerprint density at radius 1 is 1.26 bits per heavy atom. The van der Waals surface area contributed by atoms with Crippen molar-refractivity contribution in [1.82, 2.24) is 4.31 Å². The minimum absolute atomic E-state index is 0.0616. The van der Waals surface area contributed by atoms with Crippen LogP contribution < -0.4 is 4.74 Å². The summed E-state index contributed by atoms with van der Waals surface area (Å²) in [5.41, 5.74) is 0. The van der Waals surface area contributed by atoms with Crippen molar-refractivity contribution in [3.05, 3.63) is 18.2 Å². The number of ether oxygens (including phenoxy) is 1. The third-order valence-electron chi connectivity index (χ3n) is 3.02. The smallest absolute Gasteiger partial charge is 0.318 e. The first-order valence-electron chi connectivity index (χ1n) is 6.53. The quantitative estimate of drug-likeness (QED) is 0.751. The van der Waals surface area contributed by atoms with Crippen molar-refractivity contribution in [2.75, 3.05) is 19.9 Å². The highest BCUT2D eigenvalue weighted by Gasteiger charge is 2.32. The average Bonchev–Trinajstić information content (AvgIpc) is 2.42. The number of carboxylic acids is 1. The van der Waals surface area contributed by atoms with E-state index in [1.54, 1.807) is 0 Å². The van der Waals surface area contributed by atoms with E-state index >= 15 is 0 Å². The number of sulfone groups is 1. The van der Waals surface area contributed by atoms with Crippen LogP contribution in [-0.2, 0) is 24.7 Å². The van der Waals surface area contributed by atoms with Gasteiger partial charge in [0.15, 0.2) is 9.84 Å². The molecule has 23 heavy (non-hydrogen) atoms. The summed E-state index contributed by atoms with van der Waals surface area (Å²) in [5, 5.41) is 8.92. The molecule has 0 aliphatic rings. The molecule has 0 unspecified atom stereocenters. The van der Waals surface area contributed by atoms with Gasteiger partial charge in [-0.15, -0.1) is 0 Å². The molecule has 8 nitrogen and oxygen atoms in total. The van der Waals surface area contributed by atoms with Crippen molar-refractivity contribution >= 4 is 25.8 Å². The fourth-order valence-corrected chi connectivity index (χ4v) is 4.39. The third kappa shape index (κ3) is 4.43. The van der Waals surface area contributed by atoms with Crippen LogP contribution in [0.15, 0.2) is 28.0 Å². The maximum atomic E-state index is 12.8. The van der Waals surface area contributed by atoms with Crippen molar-refractivity contribution in [3.63, 3.8) is 0 Å². The minimum atomic E-state index is -4.26. The van der Waals surface area contributed by atoms with E-state index < -0.39 is 43.3 Å². The van der Waals surface area contributed by atoms with E-state index in [1.165, 1.54) is 33.1 Å². The Hall–Kier alpha value is -1.65. The normalized spacial score (nSPS) is 12.6. The van der Waals surface area contributed by atoms with E-state index in [0.29, 0.717) is 0 Å². The molecule has 0 aliphatic heterocycles. The number of carbonyl (C=O) groups is 1. The van der Waals surface area contributed by atoms with Crippen LogP contribution in [0.4, 0.5) is 0 Å². The van der Waals surface area contributed by atoms with E-state index in [-0.39, 0.29) is 10.6 Å². The lowest BCUT2D eigenvalue weighted by Crippen LogP contribution is -2.40. The summed E-state index contributed by atoms with van der Waals surface area (Å²) < 4.78 is 54.6. The number of hydrogen-bond acceptors (Lipinski definition) is 6. The zero-order valence-corrected chi connectivity index (χ0v) is 14.8.